The number of aryl methyl sites for hydroxylation is 1. The van der Waals surface area contributed by atoms with Crippen molar-refractivity contribution in [2.24, 2.45) is 5.92 Å². The van der Waals surface area contributed by atoms with Gasteiger partial charge in [0.15, 0.2) is 0 Å². The van der Waals surface area contributed by atoms with Crippen LogP contribution in [0.4, 0.5) is 10.5 Å². The van der Waals surface area contributed by atoms with Gasteiger partial charge in [-0.05, 0) is 76.3 Å². The monoisotopic (exact) mass is 487 g/mol. The van der Waals surface area contributed by atoms with E-state index in [1.165, 1.54) is 0 Å². The molecule has 7 nitrogen and oxygen atoms in total. The van der Waals surface area contributed by atoms with Crippen LogP contribution in [0.5, 0.6) is 0 Å². The van der Waals surface area contributed by atoms with Crippen LogP contribution in [0.1, 0.15) is 51.3 Å². The number of nitrogens with two attached hydrogens (primary N) is 1. The van der Waals surface area contributed by atoms with Crippen LogP contribution in [-0.2, 0) is 11.3 Å². The summed E-state index contributed by atoms with van der Waals surface area (Å²) in [6, 6.07) is 7.78. The van der Waals surface area contributed by atoms with E-state index < -0.39 is 5.60 Å². The molecule has 0 radical (unpaired) electrons. The summed E-state index contributed by atoms with van der Waals surface area (Å²) in [4.78, 5) is 18.9. The third kappa shape index (κ3) is 5.56. The molecule has 1 saturated heterocycles. The molecule has 0 spiro atoms. The Kier molecular flexibility index (Phi) is 7.38. The fraction of sp³-hybridized carbons (Fsp3) is 0.379. The van der Waals surface area contributed by atoms with E-state index in [-0.39, 0.29) is 6.09 Å². The first kappa shape index (κ1) is 25.4. The number of ether oxygens (including phenoxy) is 1. The molecule has 0 bridgehead atoms. The van der Waals surface area contributed by atoms with Crippen molar-refractivity contribution in [2.75, 3.05) is 18.8 Å². The number of imidazole rings is 1. The fourth-order valence-electron chi connectivity index (χ4n) is 4.77. The molecule has 0 unspecified atom stereocenters. The zero-order valence-electron chi connectivity index (χ0n) is 21.6. The average Bonchev–Trinajstić information content (AvgIpc) is 3.46. The van der Waals surface area contributed by atoms with Crippen LogP contribution in [0.15, 0.2) is 56.0 Å². The second kappa shape index (κ2) is 10.5. The molecule has 3 heterocycles. The number of amides is 1. The molecule has 1 aliphatic rings. The van der Waals surface area contributed by atoms with Crippen LogP contribution in [0, 0.1) is 5.92 Å². The maximum atomic E-state index is 12.4. The number of nitrogen functional groups attached to an aromatic ring is 1. The highest BCUT2D eigenvalue weighted by atomic mass is 16.6. The van der Waals surface area contributed by atoms with E-state index in [0.717, 1.165) is 72.9 Å². The van der Waals surface area contributed by atoms with E-state index in [9.17, 15) is 4.79 Å². The maximum Gasteiger partial charge on any atom is 0.410 e. The highest BCUT2D eigenvalue weighted by Gasteiger charge is 2.27. The molecule has 190 valence electrons. The van der Waals surface area contributed by atoms with Crippen molar-refractivity contribution < 1.29 is 9.53 Å². The predicted molar refractivity (Wildman–Crippen MR) is 147 cm³/mol. The van der Waals surface area contributed by atoms with Gasteiger partial charge in [-0.25, -0.2) is 9.78 Å². The molecule has 7 heteroatoms. The number of nitrogens with zero attached hydrogens (tertiary/aromatic N) is 4. The Labute approximate surface area is 213 Å². The van der Waals surface area contributed by atoms with Crippen molar-refractivity contribution in [1.82, 2.24) is 19.0 Å². The van der Waals surface area contributed by atoms with Crippen molar-refractivity contribution in [3.05, 3.63) is 67.3 Å². The molecule has 3 aromatic rings. The van der Waals surface area contributed by atoms with Crippen LogP contribution in [0.2, 0.25) is 0 Å². The molecule has 1 fully saturated rings. The summed E-state index contributed by atoms with van der Waals surface area (Å²) in [5.41, 5.74) is 10.1. The summed E-state index contributed by atoms with van der Waals surface area (Å²) >= 11 is 0. The molecule has 2 aromatic heterocycles. The minimum Gasteiger partial charge on any atom is -0.444 e. The van der Waals surface area contributed by atoms with Crippen LogP contribution in [0.3, 0.4) is 0 Å². The zero-order valence-corrected chi connectivity index (χ0v) is 21.6. The van der Waals surface area contributed by atoms with Crippen LogP contribution in [0.25, 0.3) is 29.2 Å². The van der Waals surface area contributed by atoms with Crippen molar-refractivity contribution in [2.45, 2.75) is 52.2 Å². The first-order chi connectivity index (χ1) is 17.2. The van der Waals surface area contributed by atoms with E-state index in [0.29, 0.717) is 5.92 Å². The standard InChI is InChI=1S/C29H37N5O2/c1-6-24-25(20-34(26(24)7-2)23-10-8-22(30)9-11-23)27-31-15-19-32(27)16-12-21-13-17-33(18-14-21)28(35)36-29(3,4)5/h6-11,15,19-21H,1-2,12-14,16-18,30H2,3-5H3. The largest absolute Gasteiger partial charge is 0.444 e. The number of piperidine rings is 1. The lowest BCUT2D eigenvalue weighted by Gasteiger charge is -2.33. The SMILES string of the molecule is C=Cc1c(-c2nccn2CCC2CCN(C(=O)OC(C)(C)C)CC2)cn(-c2ccc(N)cc2)c1C=C. The Morgan fingerprint density at radius 2 is 1.86 bits per heavy atom. The molecule has 2 N–H and O–H groups in total. The summed E-state index contributed by atoms with van der Waals surface area (Å²) < 4.78 is 9.84. The third-order valence-corrected chi connectivity index (χ3v) is 6.65. The molecular formula is C29H37N5O2. The molecule has 0 atom stereocenters. The number of aromatic nitrogens is 3. The molecule has 1 amide bonds. The van der Waals surface area contributed by atoms with Crippen molar-refractivity contribution in [3.63, 3.8) is 0 Å². The van der Waals surface area contributed by atoms with Gasteiger partial charge in [0.05, 0.1) is 5.69 Å². The highest BCUT2D eigenvalue weighted by molar-refractivity contribution is 5.78. The summed E-state index contributed by atoms with van der Waals surface area (Å²) in [6.07, 6.45) is 12.5. The normalized spacial score (nSPS) is 14.6. The summed E-state index contributed by atoms with van der Waals surface area (Å²) in [5.74, 6) is 1.47. The summed E-state index contributed by atoms with van der Waals surface area (Å²) in [5, 5.41) is 0. The second-order valence-corrected chi connectivity index (χ2v) is 10.4. The van der Waals surface area contributed by atoms with Crippen molar-refractivity contribution in [1.29, 1.82) is 0 Å². The van der Waals surface area contributed by atoms with Gasteiger partial charge in [-0.15, -0.1) is 0 Å². The lowest BCUT2D eigenvalue weighted by atomic mass is 9.93. The fourth-order valence-corrected chi connectivity index (χ4v) is 4.77. The van der Waals surface area contributed by atoms with Crippen molar-refractivity contribution >= 4 is 23.9 Å². The number of carbonyl (C=O) groups excluding carboxylic acids is 1. The number of rotatable bonds is 7. The number of likely N-dealkylation sites (tertiary alicyclic amines) is 1. The average molecular weight is 488 g/mol. The van der Waals surface area contributed by atoms with E-state index in [1.807, 2.05) is 74.5 Å². The predicted octanol–water partition coefficient (Wildman–Crippen LogP) is 6.25. The zero-order chi connectivity index (χ0) is 25.9. The smallest absolute Gasteiger partial charge is 0.410 e. The lowest BCUT2D eigenvalue weighted by molar-refractivity contribution is 0.0180. The van der Waals surface area contributed by atoms with Gasteiger partial charge >= 0.3 is 6.09 Å². The van der Waals surface area contributed by atoms with Gasteiger partial charge in [-0.1, -0.05) is 19.2 Å². The Balaban J connectivity index is 1.47. The molecule has 36 heavy (non-hydrogen) atoms. The highest BCUT2D eigenvalue weighted by Crippen LogP contribution is 2.32. The Morgan fingerprint density at radius 1 is 1.17 bits per heavy atom. The number of carbonyl (C=O) groups is 1. The van der Waals surface area contributed by atoms with Gasteiger partial charge in [-0.2, -0.15) is 0 Å². The van der Waals surface area contributed by atoms with Crippen molar-refractivity contribution in [3.8, 4) is 17.1 Å². The Morgan fingerprint density at radius 3 is 2.47 bits per heavy atom. The molecule has 1 aromatic carbocycles. The summed E-state index contributed by atoms with van der Waals surface area (Å²) in [6.45, 7) is 16.2. The number of anilines is 1. The molecule has 1 aliphatic heterocycles. The van der Waals surface area contributed by atoms with Crippen LogP contribution in [-0.4, -0.2) is 43.8 Å². The Bertz CT molecular complexity index is 1220. The molecule has 4 rings (SSSR count). The van der Waals surface area contributed by atoms with Gasteiger partial charge < -0.3 is 24.5 Å². The van der Waals surface area contributed by atoms with Crippen LogP contribution < -0.4 is 5.73 Å². The van der Waals surface area contributed by atoms with Gasteiger partial charge in [0.25, 0.3) is 0 Å². The maximum absolute atomic E-state index is 12.4. The van der Waals surface area contributed by atoms with E-state index in [1.54, 1.807) is 0 Å². The van der Waals surface area contributed by atoms with E-state index in [4.69, 9.17) is 15.5 Å². The van der Waals surface area contributed by atoms with Crippen LogP contribution >= 0.6 is 0 Å². The topological polar surface area (TPSA) is 78.3 Å². The minimum atomic E-state index is -0.464. The third-order valence-electron chi connectivity index (χ3n) is 6.65. The van der Waals surface area contributed by atoms with Gasteiger partial charge in [0.2, 0.25) is 0 Å². The van der Waals surface area contributed by atoms with Gasteiger partial charge in [0, 0.05) is 60.7 Å². The number of hydrogen-bond donors (Lipinski definition) is 1. The first-order valence-corrected chi connectivity index (χ1v) is 12.6. The van der Waals surface area contributed by atoms with E-state index in [2.05, 4.69) is 28.5 Å². The molecular weight excluding hydrogens is 450 g/mol. The summed E-state index contributed by atoms with van der Waals surface area (Å²) in [7, 11) is 0. The van der Waals surface area contributed by atoms with Gasteiger partial charge in [-0.3, -0.25) is 0 Å². The second-order valence-electron chi connectivity index (χ2n) is 10.4. The minimum absolute atomic E-state index is 0.210. The van der Waals surface area contributed by atoms with E-state index >= 15 is 0 Å². The van der Waals surface area contributed by atoms with Gasteiger partial charge in [0.1, 0.15) is 11.4 Å². The molecule has 0 aliphatic carbocycles. The molecule has 0 saturated carbocycles. The quantitative estimate of drug-likeness (QED) is 0.400. The Hall–Kier alpha value is -3.74. The lowest BCUT2D eigenvalue weighted by Crippen LogP contribution is -2.41. The number of benzene rings is 1. The number of hydrogen-bond acceptors (Lipinski definition) is 4. The first-order valence-electron chi connectivity index (χ1n) is 12.6.